The number of benzene rings is 1. The molecule has 4 heteroatoms. The zero-order valence-electron chi connectivity index (χ0n) is 11.9. The number of nitrogens with zero attached hydrogens (tertiary/aromatic N) is 1. The second kappa shape index (κ2) is 5.21. The summed E-state index contributed by atoms with van der Waals surface area (Å²) in [6.07, 6.45) is -0.542. The molecule has 0 amide bonds. The molecule has 1 aromatic heterocycles. The molecule has 0 aliphatic heterocycles. The van der Waals surface area contributed by atoms with E-state index in [1.54, 1.807) is 10.6 Å². The van der Waals surface area contributed by atoms with Crippen molar-refractivity contribution in [3.05, 3.63) is 34.3 Å². The molecule has 0 saturated heterocycles. The maximum absolute atomic E-state index is 11.6. The first-order valence-corrected chi connectivity index (χ1v) is 6.77. The molecule has 0 saturated carbocycles. The smallest absolute Gasteiger partial charge is 0.408 e. The lowest BCUT2D eigenvalue weighted by molar-refractivity contribution is 0.0921. The summed E-state index contributed by atoms with van der Waals surface area (Å²) >= 11 is 0. The second-order valence-corrected chi connectivity index (χ2v) is 5.39. The fourth-order valence-electron chi connectivity index (χ4n) is 2.23. The van der Waals surface area contributed by atoms with Gasteiger partial charge in [-0.2, -0.15) is 0 Å². The molecule has 104 valence electrons. The van der Waals surface area contributed by atoms with Gasteiger partial charge >= 0.3 is 5.76 Å². The predicted molar refractivity (Wildman–Crippen MR) is 75.1 cm³/mol. The van der Waals surface area contributed by atoms with Crippen molar-refractivity contribution in [2.75, 3.05) is 0 Å². The van der Waals surface area contributed by atoms with Crippen LogP contribution in [0, 0.1) is 11.8 Å². The van der Waals surface area contributed by atoms with Crippen LogP contribution in [0.5, 0.6) is 0 Å². The van der Waals surface area contributed by atoms with Gasteiger partial charge in [0.15, 0.2) is 5.58 Å². The molecule has 2 rings (SSSR count). The van der Waals surface area contributed by atoms with Crippen molar-refractivity contribution in [2.45, 2.75) is 40.3 Å². The van der Waals surface area contributed by atoms with Gasteiger partial charge < -0.3 is 9.52 Å². The van der Waals surface area contributed by atoms with Crippen LogP contribution in [-0.4, -0.2) is 9.67 Å². The molecule has 0 aliphatic carbocycles. The lowest BCUT2D eigenvalue weighted by Crippen LogP contribution is -2.15. The lowest BCUT2D eigenvalue weighted by atomic mass is 9.88. The number of oxazole rings is 1. The normalized spacial score (nSPS) is 15.1. The monoisotopic (exact) mass is 263 g/mol. The van der Waals surface area contributed by atoms with E-state index in [1.807, 2.05) is 26.0 Å². The van der Waals surface area contributed by atoms with E-state index >= 15 is 0 Å². The van der Waals surface area contributed by atoms with Gasteiger partial charge in [-0.15, -0.1) is 0 Å². The van der Waals surface area contributed by atoms with Gasteiger partial charge in [0.25, 0.3) is 0 Å². The van der Waals surface area contributed by atoms with E-state index in [2.05, 4.69) is 13.8 Å². The first kappa shape index (κ1) is 13.9. The zero-order chi connectivity index (χ0) is 14.2. The lowest BCUT2D eigenvalue weighted by Gasteiger charge is -2.22. The van der Waals surface area contributed by atoms with Crippen molar-refractivity contribution in [3.8, 4) is 0 Å². The first-order valence-electron chi connectivity index (χ1n) is 6.77. The molecule has 1 N–H and O–H groups in total. The fourth-order valence-corrected chi connectivity index (χ4v) is 2.23. The minimum atomic E-state index is -0.542. The van der Waals surface area contributed by atoms with Crippen LogP contribution in [-0.2, 0) is 6.54 Å². The maximum Gasteiger partial charge on any atom is 0.419 e. The Morgan fingerprint density at radius 3 is 2.58 bits per heavy atom. The van der Waals surface area contributed by atoms with E-state index in [0.29, 0.717) is 18.0 Å². The summed E-state index contributed by atoms with van der Waals surface area (Å²) in [6.45, 7) is 8.67. The van der Waals surface area contributed by atoms with E-state index < -0.39 is 6.10 Å². The van der Waals surface area contributed by atoms with Crippen LogP contribution in [0.4, 0.5) is 0 Å². The second-order valence-electron chi connectivity index (χ2n) is 5.39. The number of fused-ring (bicyclic) bond motifs is 1. The molecule has 0 radical (unpaired) electrons. The topological polar surface area (TPSA) is 55.4 Å². The molecular weight excluding hydrogens is 242 g/mol. The van der Waals surface area contributed by atoms with Crippen molar-refractivity contribution in [3.63, 3.8) is 0 Å². The van der Waals surface area contributed by atoms with Crippen molar-refractivity contribution in [1.82, 2.24) is 4.57 Å². The Morgan fingerprint density at radius 2 is 2.00 bits per heavy atom. The Morgan fingerprint density at radius 1 is 1.32 bits per heavy atom. The Kier molecular flexibility index (Phi) is 3.80. The van der Waals surface area contributed by atoms with E-state index in [1.165, 1.54) is 0 Å². The van der Waals surface area contributed by atoms with Gasteiger partial charge in [-0.1, -0.05) is 26.8 Å². The fraction of sp³-hybridized carbons (Fsp3) is 0.533. The van der Waals surface area contributed by atoms with Crippen molar-refractivity contribution in [2.24, 2.45) is 11.8 Å². The van der Waals surface area contributed by atoms with Crippen molar-refractivity contribution < 1.29 is 9.52 Å². The van der Waals surface area contributed by atoms with E-state index in [0.717, 1.165) is 11.1 Å². The maximum atomic E-state index is 11.6. The number of aliphatic hydroxyl groups excluding tert-OH is 1. The number of aryl methyl sites for hydroxylation is 1. The molecule has 4 nitrogen and oxygen atoms in total. The summed E-state index contributed by atoms with van der Waals surface area (Å²) in [6, 6.07) is 5.48. The Hall–Kier alpha value is -1.55. The summed E-state index contributed by atoms with van der Waals surface area (Å²) in [4.78, 5) is 11.6. The third-order valence-corrected chi connectivity index (χ3v) is 3.90. The molecule has 0 fully saturated rings. The first-order chi connectivity index (χ1) is 8.95. The van der Waals surface area contributed by atoms with Crippen molar-refractivity contribution in [1.29, 1.82) is 0 Å². The number of rotatable bonds is 4. The minimum Gasteiger partial charge on any atom is -0.408 e. The summed E-state index contributed by atoms with van der Waals surface area (Å²) in [5, 5.41) is 10.3. The SMILES string of the molecule is CCn1c(=O)oc2cc(C(O)C(C)C(C)C)ccc21. The van der Waals surface area contributed by atoms with Crippen LogP contribution >= 0.6 is 0 Å². The zero-order valence-corrected chi connectivity index (χ0v) is 11.9. The third-order valence-electron chi connectivity index (χ3n) is 3.90. The van der Waals surface area contributed by atoms with Crippen LogP contribution in [0.15, 0.2) is 27.4 Å². The molecule has 2 atom stereocenters. The molecule has 2 unspecified atom stereocenters. The van der Waals surface area contributed by atoms with E-state index in [9.17, 15) is 9.90 Å². The number of hydrogen-bond acceptors (Lipinski definition) is 3. The molecule has 19 heavy (non-hydrogen) atoms. The summed E-state index contributed by atoms with van der Waals surface area (Å²) in [5.74, 6) is 0.191. The molecule has 1 aromatic carbocycles. The molecule has 0 bridgehead atoms. The summed E-state index contributed by atoms with van der Waals surface area (Å²) in [5.41, 5.74) is 2.12. The van der Waals surface area contributed by atoms with Gasteiger partial charge in [-0.3, -0.25) is 4.57 Å². The molecule has 1 heterocycles. The highest BCUT2D eigenvalue weighted by molar-refractivity contribution is 5.73. The van der Waals surface area contributed by atoms with Crippen LogP contribution < -0.4 is 5.76 Å². The van der Waals surface area contributed by atoms with Gasteiger partial charge in [-0.05, 0) is 36.5 Å². The quantitative estimate of drug-likeness (QED) is 0.922. The Bertz CT molecular complexity index is 624. The molecular formula is C15H21NO3. The van der Waals surface area contributed by atoms with Crippen LogP contribution in [0.2, 0.25) is 0 Å². The van der Waals surface area contributed by atoms with Gasteiger partial charge in [-0.25, -0.2) is 4.79 Å². The average Bonchev–Trinajstić information content (AvgIpc) is 2.70. The van der Waals surface area contributed by atoms with Gasteiger partial charge in [0, 0.05) is 6.54 Å². The summed E-state index contributed by atoms with van der Waals surface area (Å²) in [7, 11) is 0. The van der Waals surface area contributed by atoms with Crippen LogP contribution in [0.25, 0.3) is 11.1 Å². The molecule has 2 aromatic rings. The highest BCUT2D eigenvalue weighted by Crippen LogP contribution is 2.29. The average molecular weight is 263 g/mol. The van der Waals surface area contributed by atoms with E-state index in [4.69, 9.17) is 4.42 Å². The van der Waals surface area contributed by atoms with Gasteiger partial charge in [0.05, 0.1) is 11.6 Å². The van der Waals surface area contributed by atoms with Crippen molar-refractivity contribution >= 4 is 11.1 Å². The Labute approximate surface area is 112 Å². The molecule has 0 aliphatic rings. The summed E-state index contributed by atoms with van der Waals surface area (Å²) < 4.78 is 6.80. The van der Waals surface area contributed by atoms with E-state index in [-0.39, 0.29) is 11.7 Å². The van der Waals surface area contributed by atoms with Crippen LogP contribution in [0.1, 0.15) is 39.4 Å². The number of aliphatic hydroxyl groups is 1. The third kappa shape index (κ3) is 2.45. The standard InChI is InChI=1S/C15H21NO3/c1-5-16-12-7-6-11(8-13(12)19-15(16)18)14(17)10(4)9(2)3/h6-10,14,17H,5H2,1-4H3. The minimum absolute atomic E-state index is 0.150. The number of hydrogen-bond donors (Lipinski definition) is 1. The van der Waals surface area contributed by atoms with Crippen LogP contribution in [0.3, 0.4) is 0 Å². The highest BCUT2D eigenvalue weighted by Gasteiger charge is 2.20. The largest absolute Gasteiger partial charge is 0.419 e. The highest BCUT2D eigenvalue weighted by atomic mass is 16.4. The predicted octanol–water partition coefficient (Wildman–Crippen LogP) is 2.94. The molecule has 0 spiro atoms. The van der Waals surface area contributed by atoms with Gasteiger partial charge in [0.1, 0.15) is 0 Å². The number of aromatic nitrogens is 1. The Balaban J connectivity index is 2.45. The van der Waals surface area contributed by atoms with Gasteiger partial charge in [0.2, 0.25) is 0 Å².